The monoisotopic (exact) mass is 265 g/mol. The average Bonchev–Trinajstić information content (AvgIpc) is 2.83. The van der Waals surface area contributed by atoms with Gasteiger partial charge in [-0.3, -0.25) is 0 Å². The first-order valence-corrected chi connectivity index (χ1v) is 6.34. The van der Waals surface area contributed by atoms with Gasteiger partial charge in [-0.1, -0.05) is 13.8 Å². The summed E-state index contributed by atoms with van der Waals surface area (Å²) < 4.78 is 6.88. The van der Waals surface area contributed by atoms with Gasteiger partial charge in [0.2, 0.25) is 0 Å². The molecular formula is C14H19NO4. The SMILES string of the molecule is CCCOC(=O)C(CC)n1cccc1/C=C/C(=O)O. The zero-order valence-electron chi connectivity index (χ0n) is 11.2. The Bertz CT molecular complexity index is 462. The molecule has 0 aliphatic heterocycles. The molecule has 1 rings (SSSR count). The maximum Gasteiger partial charge on any atom is 0.329 e. The molecule has 1 aromatic rings. The van der Waals surface area contributed by atoms with Crippen LogP contribution in [0.5, 0.6) is 0 Å². The highest BCUT2D eigenvalue weighted by Gasteiger charge is 2.20. The fourth-order valence-corrected chi connectivity index (χ4v) is 1.76. The van der Waals surface area contributed by atoms with E-state index in [-0.39, 0.29) is 5.97 Å². The Morgan fingerprint density at radius 3 is 2.79 bits per heavy atom. The van der Waals surface area contributed by atoms with Crippen LogP contribution < -0.4 is 0 Å². The molecule has 0 amide bonds. The summed E-state index contributed by atoms with van der Waals surface area (Å²) in [5.74, 6) is -1.31. The molecule has 1 aromatic heterocycles. The summed E-state index contributed by atoms with van der Waals surface area (Å²) in [6.07, 6.45) is 5.64. The molecule has 1 unspecified atom stereocenters. The Hall–Kier alpha value is -2.04. The largest absolute Gasteiger partial charge is 0.478 e. The van der Waals surface area contributed by atoms with E-state index in [0.717, 1.165) is 12.5 Å². The van der Waals surface area contributed by atoms with E-state index < -0.39 is 12.0 Å². The Kier molecular flexibility index (Phi) is 5.85. The van der Waals surface area contributed by atoms with E-state index in [2.05, 4.69) is 0 Å². The molecular weight excluding hydrogens is 246 g/mol. The van der Waals surface area contributed by atoms with E-state index in [1.807, 2.05) is 13.8 Å². The summed E-state index contributed by atoms with van der Waals surface area (Å²) in [5, 5.41) is 8.64. The van der Waals surface area contributed by atoms with E-state index >= 15 is 0 Å². The normalized spacial score (nSPS) is 12.5. The molecule has 0 aromatic carbocycles. The Morgan fingerprint density at radius 1 is 1.47 bits per heavy atom. The molecule has 19 heavy (non-hydrogen) atoms. The highest BCUT2D eigenvalue weighted by atomic mass is 16.5. The number of esters is 1. The number of rotatable bonds is 7. The van der Waals surface area contributed by atoms with Gasteiger partial charge in [0.05, 0.1) is 6.61 Å². The van der Waals surface area contributed by atoms with Crippen LogP contribution in [-0.2, 0) is 14.3 Å². The highest BCUT2D eigenvalue weighted by Crippen LogP contribution is 2.18. The summed E-state index contributed by atoms with van der Waals surface area (Å²) in [4.78, 5) is 22.5. The molecule has 0 spiro atoms. The molecule has 0 aliphatic carbocycles. The molecule has 0 aliphatic rings. The Morgan fingerprint density at radius 2 is 2.21 bits per heavy atom. The third-order valence-corrected chi connectivity index (χ3v) is 2.65. The molecule has 1 heterocycles. The lowest BCUT2D eigenvalue weighted by molar-refractivity contribution is -0.147. The zero-order valence-corrected chi connectivity index (χ0v) is 11.2. The van der Waals surface area contributed by atoms with Gasteiger partial charge in [0.15, 0.2) is 0 Å². The van der Waals surface area contributed by atoms with Crippen LogP contribution in [0.4, 0.5) is 0 Å². The first-order chi connectivity index (χ1) is 9.10. The third-order valence-electron chi connectivity index (χ3n) is 2.65. The number of aliphatic carboxylic acids is 1. The summed E-state index contributed by atoms with van der Waals surface area (Å²) in [7, 11) is 0. The third kappa shape index (κ3) is 4.28. The molecule has 5 heteroatoms. The van der Waals surface area contributed by atoms with Crippen molar-refractivity contribution in [1.82, 2.24) is 4.57 Å². The molecule has 0 fully saturated rings. The van der Waals surface area contributed by atoms with Crippen molar-refractivity contribution < 1.29 is 19.4 Å². The predicted molar refractivity (Wildman–Crippen MR) is 71.7 cm³/mol. The van der Waals surface area contributed by atoms with E-state index in [9.17, 15) is 9.59 Å². The highest BCUT2D eigenvalue weighted by molar-refractivity contribution is 5.85. The zero-order chi connectivity index (χ0) is 14.3. The van der Waals surface area contributed by atoms with Gasteiger partial charge in [-0.15, -0.1) is 0 Å². The van der Waals surface area contributed by atoms with Crippen molar-refractivity contribution in [3.8, 4) is 0 Å². The van der Waals surface area contributed by atoms with Gasteiger partial charge in [0.25, 0.3) is 0 Å². The summed E-state index contributed by atoms with van der Waals surface area (Å²) in [6.45, 7) is 4.23. The maximum absolute atomic E-state index is 11.9. The lowest BCUT2D eigenvalue weighted by Gasteiger charge is -2.17. The van der Waals surface area contributed by atoms with Crippen LogP contribution in [0.15, 0.2) is 24.4 Å². The van der Waals surface area contributed by atoms with Crippen LogP contribution in [0, 0.1) is 0 Å². The molecule has 0 saturated heterocycles. The number of hydrogen-bond acceptors (Lipinski definition) is 3. The van der Waals surface area contributed by atoms with Crippen molar-refractivity contribution in [2.24, 2.45) is 0 Å². The van der Waals surface area contributed by atoms with E-state index in [1.165, 1.54) is 6.08 Å². The molecule has 0 saturated carbocycles. The quantitative estimate of drug-likeness (QED) is 0.607. The Balaban J connectivity index is 2.90. The van der Waals surface area contributed by atoms with Crippen molar-refractivity contribution in [2.75, 3.05) is 6.61 Å². The number of nitrogens with zero attached hydrogens (tertiary/aromatic N) is 1. The average molecular weight is 265 g/mol. The first-order valence-electron chi connectivity index (χ1n) is 6.34. The van der Waals surface area contributed by atoms with Crippen LogP contribution in [0.1, 0.15) is 38.4 Å². The minimum atomic E-state index is -1.02. The van der Waals surface area contributed by atoms with Gasteiger partial charge in [-0.25, -0.2) is 9.59 Å². The first kappa shape index (κ1) is 15.0. The van der Waals surface area contributed by atoms with Crippen LogP contribution in [0.25, 0.3) is 6.08 Å². The molecule has 0 bridgehead atoms. The fraction of sp³-hybridized carbons (Fsp3) is 0.429. The number of carbonyl (C=O) groups is 2. The second-order valence-electron chi connectivity index (χ2n) is 4.10. The minimum Gasteiger partial charge on any atom is -0.478 e. The van der Waals surface area contributed by atoms with Gasteiger partial charge in [0.1, 0.15) is 6.04 Å². The summed E-state index contributed by atoms with van der Waals surface area (Å²) in [6, 6.07) is 3.11. The number of hydrogen-bond donors (Lipinski definition) is 1. The number of carbonyl (C=O) groups excluding carboxylic acids is 1. The molecule has 0 radical (unpaired) electrons. The maximum atomic E-state index is 11.9. The van der Waals surface area contributed by atoms with Crippen molar-refractivity contribution in [1.29, 1.82) is 0 Å². The van der Waals surface area contributed by atoms with E-state index in [0.29, 0.717) is 18.7 Å². The van der Waals surface area contributed by atoms with Gasteiger partial charge < -0.3 is 14.4 Å². The van der Waals surface area contributed by atoms with Crippen molar-refractivity contribution in [3.05, 3.63) is 30.1 Å². The summed E-state index contributed by atoms with van der Waals surface area (Å²) in [5.41, 5.74) is 0.669. The number of aromatic nitrogens is 1. The number of ether oxygens (including phenoxy) is 1. The van der Waals surface area contributed by atoms with Gasteiger partial charge >= 0.3 is 11.9 Å². The Labute approximate surface area is 112 Å². The van der Waals surface area contributed by atoms with Gasteiger partial charge in [-0.05, 0) is 31.1 Å². The number of carboxylic acids is 1. The van der Waals surface area contributed by atoms with Gasteiger partial charge in [0, 0.05) is 18.0 Å². The van der Waals surface area contributed by atoms with Crippen LogP contribution >= 0.6 is 0 Å². The number of carboxylic acid groups (broad SMARTS) is 1. The molecule has 104 valence electrons. The molecule has 5 nitrogen and oxygen atoms in total. The van der Waals surface area contributed by atoms with Crippen molar-refractivity contribution in [2.45, 2.75) is 32.7 Å². The molecule has 1 N–H and O–H groups in total. The van der Waals surface area contributed by atoms with Crippen molar-refractivity contribution in [3.63, 3.8) is 0 Å². The fourth-order valence-electron chi connectivity index (χ4n) is 1.76. The van der Waals surface area contributed by atoms with Crippen molar-refractivity contribution >= 4 is 18.0 Å². The van der Waals surface area contributed by atoms with E-state index in [1.54, 1.807) is 22.9 Å². The topological polar surface area (TPSA) is 68.5 Å². The molecule has 1 atom stereocenters. The van der Waals surface area contributed by atoms with Crippen LogP contribution in [-0.4, -0.2) is 28.2 Å². The lowest BCUT2D eigenvalue weighted by atomic mass is 10.2. The van der Waals surface area contributed by atoms with E-state index in [4.69, 9.17) is 9.84 Å². The van der Waals surface area contributed by atoms with Crippen LogP contribution in [0.3, 0.4) is 0 Å². The second-order valence-corrected chi connectivity index (χ2v) is 4.10. The standard InChI is InChI=1S/C14H19NO4/c1-3-10-19-14(18)12(4-2)15-9-5-6-11(15)7-8-13(16)17/h5-9,12H,3-4,10H2,1-2H3,(H,16,17)/b8-7+. The predicted octanol–water partition coefficient (Wildman–Crippen LogP) is 2.49. The minimum absolute atomic E-state index is 0.287. The van der Waals surface area contributed by atoms with Crippen LogP contribution in [0.2, 0.25) is 0 Å². The smallest absolute Gasteiger partial charge is 0.329 e. The second kappa shape index (κ2) is 7.41. The van der Waals surface area contributed by atoms with Gasteiger partial charge in [-0.2, -0.15) is 0 Å². The summed E-state index contributed by atoms with van der Waals surface area (Å²) >= 11 is 0. The lowest BCUT2D eigenvalue weighted by Crippen LogP contribution is -2.22.